The first-order chi connectivity index (χ1) is 9.51. The van der Waals surface area contributed by atoms with Gasteiger partial charge in [0.25, 0.3) is 0 Å². The highest BCUT2D eigenvalue weighted by molar-refractivity contribution is 6.30. The zero-order valence-corrected chi connectivity index (χ0v) is 12.7. The largest absolute Gasteiger partial charge is 0.496 e. The molecule has 2 aromatic carbocycles. The summed E-state index contributed by atoms with van der Waals surface area (Å²) < 4.78 is 5.28. The molecule has 2 aromatic rings. The molecular weight excluding hydrogens is 272 g/mol. The van der Waals surface area contributed by atoms with Crippen LogP contribution < -0.4 is 4.74 Å². The highest BCUT2D eigenvalue weighted by atomic mass is 35.5. The molecule has 3 heteroatoms. The standard InChI is InChI=1S/C17H19ClO2/c1-11-4-5-13(8-12(11)2)9-16(19)15-10-14(18)6-7-17(15)20-3/h4-8,10,16,19H,9H2,1-3H3. The molecule has 0 saturated carbocycles. The van der Waals surface area contributed by atoms with Crippen molar-refractivity contribution in [2.24, 2.45) is 0 Å². The maximum Gasteiger partial charge on any atom is 0.124 e. The third-order valence-electron chi connectivity index (χ3n) is 3.55. The second-order valence-corrected chi connectivity index (χ2v) is 5.46. The molecule has 0 aliphatic rings. The third kappa shape index (κ3) is 3.33. The lowest BCUT2D eigenvalue weighted by Crippen LogP contribution is -2.04. The first-order valence-electron chi connectivity index (χ1n) is 6.59. The van der Waals surface area contributed by atoms with Gasteiger partial charge < -0.3 is 9.84 Å². The lowest BCUT2D eigenvalue weighted by molar-refractivity contribution is 0.174. The number of aryl methyl sites for hydroxylation is 2. The molecule has 20 heavy (non-hydrogen) atoms. The summed E-state index contributed by atoms with van der Waals surface area (Å²) in [7, 11) is 1.59. The first kappa shape index (κ1) is 14.9. The van der Waals surface area contributed by atoms with Gasteiger partial charge in [0.1, 0.15) is 5.75 Å². The molecular formula is C17H19ClO2. The van der Waals surface area contributed by atoms with E-state index in [2.05, 4.69) is 26.0 Å². The number of hydrogen-bond acceptors (Lipinski definition) is 2. The van der Waals surface area contributed by atoms with E-state index in [0.717, 1.165) is 11.1 Å². The van der Waals surface area contributed by atoms with E-state index in [4.69, 9.17) is 16.3 Å². The molecule has 0 heterocycles. The minimum Gasteiger partial charge on any atom is -0.496 e. The average molecular weight is 291 g/mol. The summed E-state index contributed by atoms with van der Waals surface area (Å²) in [6.07, 6.45) is -0.0941. The summed E-state index contributed by atoms with van der Waals surface area (Å²) in [6, 6.07) is 11.5. The van der Waals surface area contributed by atoms with E-state index < -0.39 is 6.10 Å². The molecule has 2 rings (SSSR count). The predicted molar refractivity (Wildman–Crippen MR) is 82.6 cm³/mol. The Bertz CT molecular complexity index is 608. The quantitative estimate of drug-likeness (QED) is 0.912. The number of halogens is 1. The molecule has 0 aliphatic heterocycles. The highest BCUT2D eigenvalue weighted by Crippen LogP contribution is 2.30. The van der Waals surface area contributed by atoms with Crippen molar-refractivity contribution in [1.29, 1.82) is 0 Å². The van der Waals surface area contributed by atoms with Gasteiger partial charge in [0.05, 0.1) is 13.2 Å². The summed E-state index contributed by atoms with van der Waals surface area (Å²) in [5.74, 6) is 0.658. The highest BCUT2D eigenvalue weighted by Gasteiger charge is 2.15. The Kier molecular flexibility index (Phi) is 4.69. The van der Waals surface area contributed by atoms with Crippen LogP contribution in [0.4, 0.5) is 0 Å². The molecule has 0 spiro atoms. The average Bonchev–Trinajstić information content (AvgIpc) is 2.43. The molecule has 106 valence electrons. The zero-order chi connectivity index (χ0) is 14.7. The summed E-state index contributed by atoms with van der Waals surface area (Å²) in [4.78, 5) is 0. The minimum absolute atomic E-state index is 0.540. The number of aliphatic hydroxyl groups is 1. The van der Waals surface area contributed by atoms with Gasteiger partial charge in [-0.05, 0) is 48.7 Å². The van der Waals surface area contributed by atoms with Crippen molar-refractivity contribution in [2.45, 2.75) is 26.4 Å². The summed E-state index contributed by atoms with van der Waals surface area (Å²) in [5, 5.41) is 11.0. The van der Waals surface area contributed by atoms with Crippen LogP contribution >= 0.6 is 11.6 Å². The van der Waals surface area contributed by atoms with Gasteiger partial charge in [-0.25, -0.2) is 0 Å². The van der Waals surface area contributed by atoms with Crippen molar-refractivity contribution in [2.75, 3.05) is 7.11 Å². The molecule has 0 aromatic heterocycles. The van der Waals surface area contributed by atoms with Crippen molar-refractivity contribution < 1.29 is 9.84 Å². The summed E-state index contributed by atoms with van der Waals surface area (Å²) in [6.45, 7) is 4.15. The smallest absolute Gasteiger partial charge is 0.124 e. The van der Waals surface area contributed by atoms with Crippen LogP contribution in [0.5, 0.6) is 5.75 Å². The fraction of sp³-hybridized carbons (Fsp3) is 0.294. The van der Waals surface area contributed by atoms with E-state index >= 15 is 0 Å². The van der Waals surface area contributed by atoms with Crippen molar-refractivity contribution in [1.82, 2.24) is 0 Å². The van der Waals surface area contributed by atoms with Crippen LogP contribution in [0, 0.1) is 13.8 Å². The maximum atomic E-state index is 10.4. The number of hydrogen-bond donors (Lipinski definition) is 1. The normalized spacial score (nSPS) is 12.2. The second-order valence-electron chi connectivity index (χ2n) is 5.02. The minimum atomic E-state index is -0.634. The number of aliphatic hydroxyl groups excluding tert-OH is 1. The van der Waals surface area contributed by atoms with E-state index in [1.807, 2.05) is 6.07 Å². The van der Waals surface area contributed by atoms with E-state index in [0.29, 0.717) is 17.2 Å². The topological polar surface area (TPSA) is 29.5 Å². The molecule has 2 nitrogen and oxygen atoms in total. The molecule has 0 bridgehead atoms. The number of benzene rings is 2. The molecule has 0 amide bonds. The van der Waals surface area contributed by atoms with Crippen LogP contribution in [0.15, 0.2) is 36.4 Å². The SMILES string of the molecule is COc1ccc(Cl)cc1C(O)Cc1ccc(C)c(C)c1. The molecule has 0 saturated heterocycles. The number of ether oxygens (including phenoxy) is 1. The Hall–Kier alpha value is -1.51. The Morgan fingerprint density at radius 1 is 1.10 bits per heavy atom. The van der Waals surface area contributed by atoms with Gasteiger partial charge in [-0.1, -0.05) is 29.8 Å². The monoisotopic (exact) mass is 290 g/mol. The van der Waals surface area contributed by atoms with Gasteiger partial charge in [0.2, 0.25) is 0 Å². The molecule has 1 atom stereocenters. The molecule has 0 fully saturated rings. The Morgan fingerprint density at radius 2 is 1.85 bits per heavy atom. The van der Waals surface area contributed by atoms with Crippen LogP contribution in [0.1, 0.15) is 28.4 Å². The number of methoxy groups -OCH3 is 1. The molecule has 0 radical (unpaired) electrons. The zero-order valence-electron chi connectivity index (χ0n) is 12.0. The third-order valence-corrected chi connectivity index (χ3v) is 3.79. The van der Waals surface area contributed by atoms with Gasteiger partial charge in [-0.3, -0.25) is 0 Å². The van der Waals surface area contributed by atoms with Crippen molar-refractivity contribution in [3.05, 3.63) is 63.7 Å². The maximum absolute atomic E-state index is 10.4. The fourth-order valence-electron chi connectivity index (χ4n) is 2.23. The fourth-order valence-corrected chi connectivity index (χ4v) is 2.41. The van der Waals surface area contributed by atoms with Gasteiger partial charge in [-0.15, -0.1) is 0 Å². The lowest BCUT2D eigenvalue weighted by atomic mass is 9.98. The van der Waals surface area contributed by atoms with Crippen LogP contribution in [0.3, 0.4) is 0 Å². The number of rotatable bonds is 4. The van der Waals surface area contributed by atoms with Crippen molar-refractivity contribution in [3.63, 3.8) is 0 Å². The Morgan fingerprint density at radius 3 is 2.50 bits per heavy atom. The summed E-state index contributed by atoms with van der Waals surface area (Å²) in [5.41, 5.74) is 4.30. The van der Waals surface area contributed by atoms with Gasteiger partial charge in [-0.2, -0.15) is 0 Å². The van der Waals surface area contributed by atoms with Crippen molar-refractivity contribution >= 4 is 11.6 Å². The predicted octanol–water partition coefficient (Wildman–Crippen LogP) is 4.24. The van der Waals surface area contributed by atoms with Crippen molar-refractivity contribution in [3.8, 4) is 5.75 Å². The Balaban J connectivity index is 2.25. The molecule has 1 unspecified atom stereocenters. The van der Waals surface area contributed by atoms with Gasteiger partial charge in [0, 0.05) is 17.0 Å². The van der Waals surface area contributed by atoms with E-state index in [1.54, 1.807) is 25.3 Å². The summed E-state index contributed by atoms with van der Waals surface area (Å²) >= 11 is 6.00. The molecule has 1 N–H and O–H groups in total. The van der Waals surface area contributed by atoms with Crippen LogP contribution in [0.25, 0.3) is 0 Å². The lowest BCUT2D eigenvalue weighted by Gasteiger charge is -2.16. The van der Waals surface area contributed by atoms with Crippen LogP contribution in [0.2, 0.25) is 5.02 Å². The van der Waals surface area contributed by atoms with Crippen LogP contribution in [-0.4, -0.2) is 12.2 Å². The van der Waals surface area contributed by atoms with Gasteiger partial charge >= 0.3 is 0 Å². The van der Waals surface area contributed by atoms with E-state index in [-0.39, 0.29) is 0 Å². The van der Waals surface area contributed by atoms with E-state index in [1.165, 1.54) is 11.1 Å². The molecule has 0 aliphatic carbocycles. The van der Waals surface area contributed by atoms with E-state index in [9.17, 15) is 5.11 Å². The van der Waals surface area contributed by atoms with Crippen LogP contribution in [-0.2, 0) is 6.42 Å². The second kappa shape index (κ2) is 6.29. The first-order valence-corrected chi connectivity index (χ1v) is 6.96. The Labute approximate surface area is 125 Å². The van der Waals surface area contributed by atoms with Gasteiger partial charge in [0.15, 0.2) is 0 Å².